The molecule has 1 unspecified atom stereocenters. The number of hydrogen-bond acceptors (Lipinski definition) is 1. The smallest absolute Gasteiger partial charge is 0.00232 e. The first-order valence-corrected chi connectivity index (χ1v) is 7.67. The summed E-state index contributed by atoms with van der Waals surface area (Å²) in [5.41, 5.74) is 4.26. The van der Waals surface area contributed by atoms with Gasteiger partial charge in [-0.05, 0) is 36.1 Å². The monoisotopic (exact) mass is 267 g/mol. The maximum absolute atomic E-state index is 3.49. The second-order valence-corrected chi connectivity index (χ2v) is 5.29. The number of likely N-dealkylation sites (N-methyl/N-ethyl adjacent to an activating group) is 1. The van der Waals surface area contributed by atoms with E-state index < -0.39 is 0 Å². The van der Waals surface area contributed by atoms with Crippen molar-refractivity contribution in [1.29, 1.82) is 0 Å². The maximum atomic E-state index is 3.49. The number of aryl methyl sites for hydroxylation is 1. The summed E-state index contributed by atoms with van der Waals surface area (Å²) >= 11 is 0. The lowest BCUT2D eigenvalue weighted by molar-refractivity contribution is 0.595. The minimum Gasteiger partial charge on any atom is -0.316 e. The summed E-state index contributed by atoms with van der Waals surface area (Å²) in [6.07, 6.45) is 2.21. The molecule has 0 radical (unpaired) electrons. The first-order chi connectivity index (χ1) is 9.83. The summed E-state index contributed by atoms with van der Waals surface area (Å²) in [6, 6.07) is 19.9. The Morgan fingerprint density at radius 3 is 2.10 bits per heavy atom. The predicted molar refractivity (Wildman–Crippen MR) is 87.3 cm³/mol. The van der Waals surface area contributed by atoms with Gasteiger partial charge >= 0.3 is 0 Å². The molecule has 0 spiro atoms. The Balaban J connectivity index is 2.10. The van der Waals surface area contributed by atoms with Crippen molar-refractivity contribution in [3.63, 3.8) is 0 Å². The third-order valence-electron chi connectivity index (χ3n) is 3.83. The van der Waals surface area contributed by atoms with Gasteiger partial charge in [0, 0.05) is 12.5 Å². The van der Waals surface area contributed by atoms with Crippen molar-refractivity contribution < 1.29 is 0 Å². The highest BCUT2D eigenvalue weighted by molar-refractivity contribution is 5.27. The molecule has 1 N–H and O–H groups in total. The summed E-state index contributed by atoms with van der Waals surface area (Å²) in [7, 11) is 0. The van der Waals surface area contributed by atoms with Crippen LogP contribution in [0.1, 0.15) is 36.5 Å². The topological polar surface area (TPSA) is 12.0 Å². The third-order valence-corrected chi connectivity index (χ3v) is 3.83. The van der Waals surface area contributed by atoms with Crippen LogP contribution in [0.2, 0.25) is 0 Å². The first-order valence-electron chi connectivity index (χ1n) is 7.67. The fraction of sp³-hybridized carbons (Fsp3) is 0.368. The lowest BCUT2D eigenvalue weighted by Gasteiger charge is -2.18. The summed E-state index contributed by atoms with van der Waals surface area (Å²) in [6.45, 7) is 6.43. The van der Waals surface area contributed by atoms with Crippen LogP contribution >= 0.6 is 0 Å². The molecule has 0 aliphatic rings. The molecule has 0 aromatic heterocycles. The third kappa shape index (κ3) is 4.21. The van der Waals surface area contributed by atoms with E-state index in [0.717, 1.165) is 25.9 Å². The van der Waals surface area contributed by atoms with E-state index in [1.54, 1.807) is 0 Å². The molecule has 2 rings (SSSR count). The van der Waals surface area contributed by atoms with E-state index in [-0.39, 0.29) is 0 Å². The molecule has 0 fully saturated rings. The molecular weight excluding hydrogens is 242 g/mol. The van der Waals surface area contributed by atoms with Crippen molar-refractivity contribution in [2.45, 2.75) is 32.6 Å². The van der Waals surface area contributed by atoms with Crippen LogP contribution in [0.4, 0.5) is 0 Å². The molecule has 1 heteroatoms. The summed E-state index contributed by atoms with van der Waals surface area (Å²) in [5.74, 6) is 0.545. The lowest BCUT2D eigenvalue weighted by Crippen LogP contribution is -2.22. The van der Waals surface area contributed by atoms with Gasteiger partial charge in [0.2, 0.25) is 0 Å². The SMILES string of the molecule is CCNCC(Cc1ccc(CC)cc1)c1ccccc1. The molecule has 0 heterocycles. The van der Waals surface area contributed by atoms with Gasteiger partial charge in [-0.25, -0.2) is 0 Å². The summed E-state index contributed by atoms with van der Waals surface area (Å²) in [5, 5.41) is 3.49. The zero-order chi connectivity index (χ0) is 14.2. The molecule has 2 aromatic rings. The molecule has 106 valence electrons. The van der Waals surface area contributed by atoms with Crippen LogP contribution in [0.3, 0.4) is 0 Å². The van der Waals surface area contributed by atoms with Crippen LogP contribution in [0.25, 0.3) is 0 Å². The Morgan fingerprint density at radius 1 is 0.850 bits per heavy atom. The van der Waals surface area contributed by atoms with Crippen LogP contribution < -0.4 is 5.32 Å². The van der Waals surface area contributed by atoms with Gasteiger partial charge in [0.05, 0.1) is 0 Å². The second kappa shape index (κ2) is 7.86. The number of hydrogen-bond donors (Lipinski definition) is 1. The van der Waals surface area contributed by atoms with Crippen molar-refractivity contribution in [3.8, 4) is 0 Å². The van der Waals surface area contributed by atoms with Gasteiger partial charge in [-0.2, -0.15) is 0 Å². The Labute approximate surface area is 123 Å². The van der Waals surface area contributed by atoms with Crippen LogP contribution in [0, 0.1) is 0 Å². The van der Waals surface area contributed by atoms with E-state index in [1.165, 1.54) is 16.7 Å². The van der Waals surface area contributed by atoms with Gasteiger partial charge in [0.1, 0.15) is 0 Å². The van der Waals surface area contributed by atoms with Crippen molar-refractivity contribution in [2.24, 2.45) is 0 Å². The van der Waals surface area contributed by atoms with Crippen LogP contribution in [-0.2, 0) is 12.8 Å². The van der Waals surface area contributed by atoms with Gasteiger partial charge in [-0.15, -0.1) is 0 Å². The highest BCUT2D eigenvalue weighted by Gasteiger charge is 2.11. The lowest BCUT2D eigenvalue weighted by atomic mass is 9.91. The van der Waals surface area contributed by atoms with Crippen LogP contribution in [-0.4, -0.2) is 13.1 Å². The molecule has 2 aromatic carbocycles. The van der Waals surface area contributed by atoms with E-state index >= 15 is 0 Å². The average molecular weight is 267 g/mol. The fourth-order valence-electron chi connectivity index (χ4n) is 2.55. The van der Waals surface area contributed by atoms with Gasteiger partial charge < -0.3 is 5.32 Å². The predicted octanol–water partition coefficient (Wildman–Crippen LogP) is 4.18. The molecule has 0 aliphatic carbocycles. The molecule has 0 amide bonds. The van der Waals surface area contributed by atoms with E-state index in [0.29, 0.717) is 5.92 Å². The molecular formula is C19H25N. The Morgan fingerprint density at radius 2 is 1.50 bits per heavy atom. The van der Waals surface area contributed by atoms with Crippen molar-refractivity contribution in [1.82, 2.24) is 5.32 Å². The highest BCUT2D eigenvalue weighted by Crippen LogP contribution is 2.20. The van der Waals surface area contributed by atoms with Gasteiger partial charge in [0.15, 0.2) is 0 Å². The average Bonchev–Trinajstić information content (AvgIpc) is 2.53. The molecule has 1 atom stereocenters. The summed E-state index contributed by atoms with van der Waals surface area (Å²) in [4.78, 5) is 0. The standard InChI is InChI=1S/C19H25N/c1-3-16-10-12-17(13-11-16)14-19(15-20-4-2)18-8-6-5-7-9-18/h5-13,19-20H,3-4,14-15H2,1-2H3. The minimum atomic E-state index is 0.545. The number of rotatable bonds is 7. The van der Waals surface area contributed by atoms with Crippen molar-refractivity contribution >= 4 is 0 Å². The van der Waals surface area contributed by atoms with Crippen molar-refractivity contribution in [3.05, 3.63) is 71.3 Å². The quantitative estimate of drug-likeness (QED) is 0.793. The molecule has 0 saturated heterocycles. The first kappa shape index (κ1) is 14.8. The molecule has 20 heavy (non-hydrogen) atoms. The van der Waals surface area contributed by atoms with Gasteiger partial charge in [0.25, 0.3) is 0 Å². The molecule has 0 saturated carbocycles. The molecule has 0 aliphatic heterocycles. The normalized spacial score (nSPS) is 12.3. The van der Waals surface area contributed by atoms with E-state index in [4.69, 9.17) is 0 Å². The van der Waals surface area contributed by atoms with Gasteiger partial charge in [-0.1, -0.05) is 68.4 Å². The van der Waals surface area contributed by atoms with Crippen LogP contribution in [0.15, 0.2) is 54.6 Å². The zero-order valence-corrected chi connectivity index (χ0v) is 12.6. The van der Waals surface area contributed by atoms with E-state index in [2.05, 4.69) is 73.8 Å². The molecule has 0 bridgehead atoms. The van der Waals surface area contributed by atoms with E-state index in [1.807, 2.05) is 0 Å². The molecule has 1 nitrogen and oxygen atoms in total. The Bertz CT molecular complexity index is 487. The Hall–Kier alpha value is -1.60. The van der Waals surface area contributed by atoms with E-state index in [9.17, 15) is 0 Å². The minimum absolute atomic E-state index is 0.545. The van der Waals surface area contributed by atoms with Gasteiger partial charge in [-0.3, -0.25) is 0 Å². The van der Waals surface area contributed by atoms with Crippen LogP contribution in [0.5, 0.6) is 0 Å². The maximum Gasteiger partial charge on any atom is 0.00232 e. The second-order valence-electron chi connectivity index (χ2n) is 5.29. The zero-order valence-electron chi connectivity index (χ0n) is 12.6. The van der Waals surface area contributed by atoms with Crippen molar-refractivity contribution in [2.75, 3.05) is 13.1 Å². The highest BCUT2D eigenvalue weighted by atomic mass is 14.8. The number of nitrogens with one attached hydrogen (secondary N) is 1. The Kier molecular flexibility index (Phi) is 5.82. The largest absolute Gasteiger partial charge is 0.316 e. The summed E-state index contributed by atoms with van der Waals surface area (Å²) < 4.78 is 0. The number of benzene rings is 2. The fourth-order valence-corrected chi connectivity index (χ4v) is 2.55.